The molecule has 1 amide bonds. The summed E-state index contributed by atoms with van der Waals surface area (Å²) in [6, 6.07) is 14.2. The fourth-order valence-electron chi connectivity index (χ4n) is 4.11. The van der Waals surface area contributed by atoms with Gasteiger partial charge in [0.15, 0.2) is 0 Å². The van der Waals surface area contributed by atoms with Gasteiger partial charge in [0.1, 0.15) is 6.54 Å². The molecule has 3 rings (SSSR count). The molecule has 1 N–H and O–H groups in total. The SMILES string of the molecule is CCN(CC)CCCC(C)NC(=O)Cn1cc(S(=O)(=O)c2ccc(C)cc2)c2ccccc21. The van der Waals surface area contributed by atoms with Crippen molar-refractivity contribution in [2.75, 3.05) is 19.6 Å². The van der Waals surface area contributed by atoms with Gasteiger partial charge in [0, 0.05) is 23.1 Å². The van der Waals surface area contributed by atoms with E-state index < -0.39 is 9.84 Å². The lowest BCUT2D eigenvalue weighted by Crippen LogP contribution is -2.35. The monoisotopic (exact) mass is 469 g/mol. The van der Waals surface area contributed by atoms with Crippen LogP contribution in [0.2, 0.25) is 0 Å². The Morgan fingerprint density at radius 3 is 2.39 bits per heavy atom. The van der Waals surface area contributed by atoms with Gasteiger partial charge in [-0.15, -0.1) is 0 Å². The van der Waals surface area contributed by atoms with Crippen LogP contribution in [-0.4, -0.2) is 49.5 Å². The van der Waals surface area contributed by atoms with Crippen molar-refractivity contribution in [3.05, 3.63) is 60.3 Å². The molecule has 178 valence electrons. The zero-order chi connectivity index (χ0) is 24.0. The molecule has 3 aromatic rings. The minimum absolute atomic E-state index is 0.0608. The predicted molar refractivity (Wildman–Crippen MR) is 133 cm³/mol. The molecule has 0 aliphatic rings. The summed E-state index contributed by atoms with van der Waals surface area (Å²) >= 11 is 0. The number of rotatable bonds is 11. The number of fused-ring (bicyclic) bond motifs is 1. The Balaban J connectivity index is 1.75. The van der Waals surface area contributed by atoms with Crippen LogP contribution < -0.4 is 5.32 Å². The van der Waals surface area contributed by atoms with Crippen molar-refractivity contribution < 1.29 is 13.2 Å². The molecule has 0 radical (unpaired) electrons. The summed E-state index contributed by atoms with van der Waals surface area (Å²) in [5, 5.41) is 3.68. The average Bonchev–Trinajstić information content (AvgIpc) is 3.16. The second kappa shape index (κ2) is 11.0. The molecule has 0 aliphatic carbocycles. The van der Waals surface area contributed by atoms with E-state index in [9.17, 15) is 13.2 Å². The molecule has 0 spiro atoms. The standard InChI is InChI=1S/C26H35N3O3S/c1-5-28(6-2)17-9-10-21(4)27-26(30)19-29-18-25(23-11-7-8-12-24(23)29)33(31,32)22-15-13-20(3)14-16-22/h7-8,11-16,18,21H,5-6,9-10,17,19H2,1-4H3,(H,27,30). The Morgan fingerprint density at radius 2 is 1.73 bits per heavy atom. The highest BCUT2D eigenvalue weighted by molar-refractivity contribution is 7.91. The van der Waals surface area contributed by atoms with E-state index in [4.69, 9.17) is 0 Å². The Kier molecular flexibility index (Phi) is 8.32. The van der Waals surface area contributed by atoms with Crippen molar-refractivity contribution in [2.24, 2.45) is 0 Å². The highest BCUT2D eigenvalue weighted by atomic mass is 32.2. The number of sulfone groups is 1. The van der Waals surface area contributed by atoms with Gasteiger partial charge in [-0.3, -0.25) is 4.79 Å². The Labute approximate surface area is 197 Å². The second-order valence-corrected chi connectivity index (χ2v) is 10.5. The number of hydrogen-bond donors (Lipinski definition) is 1. The molecule has 6 nitrogen and oxygen atoms in total. The van der Waals surface area contributed by atoms with Crippen LogP contribution in [0.5, 0.6) is 0 Å². The van der Waals surface area contributed by atoms with Gasteiger partial charge in [-0.2, -0.15) is 0 Å². The number of benzene rings is 2. The molecule has 0 aliphatic heterocycles. The average molecular weight is 470 g/mol. The van der Waals surface area contributed by atoms with Crippen molar-refractivity contribution >= 4 is 26.6 Å². The summed E-state index contributed by atoms with van der Waals surface area (Å²) in [4.78, 5) is 15.6. The van der Waals surface area contributed by atoms with Crippen molar-refractivity contribution in [3.8, 4) is 0 Å². The van der Waals surface area contributed by atoms with Gasteiger partial charge in [0.25, 0.3) is 0 Å². The number of carbonyl (C=O) groups excluding carboxylic acids is 1. The molecule has 1 heterocycles. The molecule has 1 aromatic heterocycles. The number of hydrogen-bond acceptors (Lipinski definition) is 4. The fourth-order valence-corrected chi connectivity index (χ4v) is 5.59. The first-order chi connectivity index (χ1) is 15.8. The smallest absolute Gasteiger partial charge is 0.240 e. The molecular formula is C26H35N3O3S. The number of nitrogens with zero attached hydrogens (tertiary/aromatic N) is 2. The number of carbonyl (C=O) groups is 1. The maximum Gasteiger partial charge on any atom is 0.240 e. The first kappa shape index (κ1) is 25.0. The third kappa shape index (κ3) is 6.03. The van der Waals surface area contributed by atoms with Gasteiger partial charge < -0.3 is 14.8 Å². The van der Waals surface area contributed by atoms with Gasteiger partial charge in [0.2, 0.25) is 15.7 Å². The molecule has 1 unspecified atom stereocenters. The van der Waals surface area contributed by atoms with Crippen LogP contribution in [0, 0.1) is 6.92 Å². The molecule has 0 fully saturated rings. The van der Waals surface area contributed by atoms with Gasteiger partial charge in [-0.1, -0.05) is 49.7 Å². The van der Waals surface area contributed by atoms with Gasteiger partial charge in [-0.05, 0) is 64.5 Å². The van der Waals surface area contributed by atoms with E-state index in [0.717, 1.165) is 43.6 Å². The van der Waals surface area contributed by atoms with Gasteiger partial charge in [-0.25, -0.2) is 8.42 Å². The molecule has 0 saturated carbocycles. The third-order valence-electron chi connectivity index (χ3n) is 6.10. The highest BCUT2D eigenvalue weighted by Gasteiger charge is 2.24. The van der Waals surface area contributed by atoms with Gasteiger partial charge >= 0.3 is 0 Å². The molecule has 2 aromatic carbocycles. The van der Waals surface area contributed by atoms with Crippen LogP contribution >= 0.6 is 0 Å². The molecule has 0 saturated heterocycles. The van der Waals surface area contributed by atoms with Crippen LogP contribution in [0.3, 0.4) is 0 Å². The Hall–Kier alpha value is -2.64. The number of para-hydroxylation sites is 1. The molecule has 1 atom stereocenters. The lowest BCUT2D eigenvalue weighted by molar-refractivity contribution is -0.122. The van der Waals surface area contributed by atoms with Crippen molar-refractivity contribution in [3.63, 3.8) is 0 Å². The van der Waals surface area contributed by atoms with E-state index in [1.807, 2.05) is 32.0 Å². The minimum atomic E-state index is -3.70. The first-order valence-electron chi connectivity index (χ1n) is 11.7. The largest absolute Gasteiger partial charge is 0.352 e. The third-order valence-corrected chi connectivity index (χ3v) is 7.90. The van der Waals surface area contributed by atoms with Crippen LogP contribution in [0.25, 0.3) is 10.9 Å². The zero-order valence-corrected chi connectivity index (χ0v) is 20.9. The quantitative estimate of drug-likeness (QED) is 0.452. The first-order valence-corrected chi connectivity index (χ1v) is 13.2. The lowest BCUT2D eigenvalue weighted by atomic mass is 10.1. The molecular weight excluding hydrogens is 434 g/mol. The fraction of sp³-hybridized carbons (Fsp3) is 0.423. The number of amides is 1. The minimum Gasteiger partial charge on any atom is -0.352 e. The highest BCUT2D eigenvalue weighted by Crippen LogP contribution is 2.30. The van der Waals surface area contributed by atoms with E-state index in [1.54, 1.807) is 41.1 Å². The van der Waals surface area contributed by atoms with Crippen molar-refractivity contribution in [1.29, 1.82) is 0 Å². The predicted octanol–water partition coefficient (Wildman–Crippen LogP) is 4.41. The van der Waals surface area contributed by atoms with Crippen molar-refractivity contribution in [2.45, 2.75) is 62.9 Å². The summed E-state index contributed by atoms with van der Waals surface area (Å²) in [5.41, 5.74) is 1.73. The van der Waals surface area contributed by atoms with E-state index in [0.29, 0.717) is 5.39 Å². The Bertz CT molecular complexity index is 1180. The van der Waals surface area contributed by atoms with Crippen LogP contribution in [0.15, 0.2) is 64.5 Å². The zero-order valence-electron chi connectivity index (χ0n) is 20.0. The van der Waals surface area contributed by atoms with E-state index in [2.05, 4.69) is 24.1 Å². The second-order valence-electron chi connectivity index (χ2n) is 8.59. The lowest BCUT2D eigenvalue weighted by Gasteiger charge is -2.20. The topological polar surface area (TPSA) is 71.4 Å². The number of aromatic nitrogens is 1. The molecule has 7 heteroatoms. The summed E-state index contributed by atoms with van der Waals surface area (Å²) in [7, 11) is -3.70. The maximum absolute atomic E-state index is 13.3. The van der Waals surface area contributed by atoms with Gasteiger partial charge in [0.05, 0.1) is 9.79 Å². The summed E-state index contributed by atoms with van der Waals surface area (Å²) in [6.45, 7) is 11.4. The maximum atomic E-state index is 13.3. The molecule has 0 bridgehead atoms. The van der Waals surface area contributed by atoms with E-state index in [-0.39, 0.29) is 28.3 Å². The molecule has 33 heavy (non-hydrogen) atoms. The summed E-state index contributed by atoms with van der Waals surface area (Å²) in [6.07, 6.45) is 3.51. The summed E-state index contributed by atoms with van der Waals surface area (Å²) < 4.78 is 28.4. The summed E-state index contributed by atoms with van der Waals surface area (Å²) in [5.74, 6) is -0.120. The van der Waals surface area contributed by atoms with Crippen LogP contribution in [-0.2, 0) is 21.2 Å². The van der Waals surface area contributed by atoms with Crippen LogP contribution in [0.4, 0.5) is 0 Å². The van der Waals surface area contributed by atoms with E-state index >= 15 is 0 Å². The van der Waals surface area contributed by atoms with E-state index in [1.165, 1.54) is 0 Å². The van der Waals surface area contributed by atoms with Crippen LogP contribution in [0.1, 0.15) is 39.2 Å². The number of nitrogens with one attached hydrogen (secondary N) is 1. The Morgan fingerprint density at radius 1 is 1.06 bits per heavy atom. The normalized spacial score (nSPS) is 12.9. The van der Waals surface area contributed by atoms with Crippen molar-refractivity contribution in [1.82, 2.24) is 14.8 Å². The number of aryl methyl sites for hydroxylation is 1.